The quantitative estimate of drug-likeness (QED) is 0.339. The smallest absolute Gasteiger partial charge is 0.163 e. The van der Waals surface area contributed by atoms with Gasteiger partial charge in [-0.1, -0.05) is 35.6 Å². The molecule has 0 aliphatic heterocycles. The van der Waals surface area contributed by atoms with Crippen LogP contribution in [0.25, 0.3) is 11.4 Å². The molecule has 3 rings (SSSR count). The van der Waals surface area contributed by atoms with E-state index in [4.69, 9.17) is 0 Å². The molecule has 1 aliphatic carbocycles. The number of aryl methyl sites for hydroxylation is 1. The zero-order valence-corrected chi connectivity index (χ0v) is 15.3. The second-order valence-corrected chi connectivity index (χ2v) is 6.87. The molecule has 2 nitrogen and oxygen atoms in total. The molecule has 2 aromatic rings. The van der Waals surface area contributed by atoms with E-state index in [0.29, 0.717) is 17.3 Å². The lowest BCUT2D eigenvalue weighted by Gasteiger charge is -2.10. The second-order valence-electron chi connectivity index (χ2n) is 5.09. The largest absolute Gasteiger partial charge is 0.233 e. The third-order valence-electron chi connectivity index (χ3n) is 3.71. The number of benzene rings is 1. The lowest BCUT2D eigenvalue weighted by molar-refractivity contribution is 0.629. The summed E-state index contributed by atoms with van der Waals surface area (Å²) in [4.78, 5) is 9.15. The lowest BCUT2D eigenvalue weighted by atomic mass is 10.1. The fourth-order valence-corrected chi connectivity index (χ4v) is 4.15. The van der Waals surface area contributed by atoms with Crippen LogP contribution in [0.15, 0.2) is 18.2 Å². The summed E-state index contributed by atoms with van der Waals surface area (Å²) in [5.41, 5.74) is 3.94. The van der Waals surface area contributed by atoms with E-state index >= 15 is 0 Å². The maximum absolute atomic E-state index is 14.1. The maximum Gasteiger partial charge on any atom is 0.163 e. The van der Waals surface area contributed by atoms with Gasteiger partial charge in [-0.25, -0.2) is 14.4 Å². The minimum Gasteiger partial charge on any atom is -0.233 e. The van der Waals surface area contributed by atoms with Crippen molar-refractivity contribution in [2.45, 2.75) is 30.1 Å². The molecule has 0 amide bonds. The molecule has 0 radical (unpaired) electrons. The van der Waals surface area contributed by atoms with Crippen LogP contribution in [0.5, 0.6) is 0 Å². The fourth-order valence-electron chi connectivity index (χ4n) is 2.61. The molecule has 1 aromatic carbocycles. The molecule has 1 aromatic heterocycles. The van der Waals surface area contributed by atoms with Gasteiger partial charge in [-0.05, 0) is 59.0 Å². The molecule has 0 bridgehead atoms. The van der Waals surface area contributed by atoms with Crippen LogP contribution in [0.3, 0.4) is 0 Å². The Morgan fingerprint density at radius 1 is 1.35 bits per heavy atom. The lowest BCUT2D eigenvalue weighted by Crippen LogP contribution is -2.02. The van der Waals surface area contributed by atoms with Crippen LogP contribution in [0.4, 0.5) is 4.39 Å². The van der Waals surface area contributed by atoms with Crippen LogP contribution in [-0.4, -0.2) is 9.97 Å². The van der Waals surface area contributed by atoms with E-state index < -0.39 is 0 Å². The van der Waals surface area contributed by atoms with Crippen LogP contribution in [0.2, 0.25) is 0 Å². The first kappa shape index (κ1) is 14.6. The monoisotopic (exact) mass is 494 g/mol. The summed E-state index contributed by atoms with van der Waals surface area (Å²) in [6, 6.07) is 5.18. The Bertz CT molecular complexity index is 673. The molecule has 0 N–H and O–H groups in total. The summed E-state index contributed by atoms with van der Waals surface area (Å²) >= 11 is 4.52. The van der Waals surface area contributed by atoms with Crippen LogP contribution in [0, 0.1) is 9.52 Å². The molecule has 0 fully saturated rings. The van der Waals surface area contributed by atoms with Gasteiger partial charge >= 0.3 is 0 Å². The number of halogens is 3. The first-order valence-corrected chi connectivity index (χ1v) is 9.11. The molecule has 1 heterocycles. The molecule has 0 saturated heterocycles. The van der Waals surface area contributed by atoms with E-state index in [1.165, 1.54) is 11.6 Å². The van der Waals surface area contributed by atoms with E-state index in [2.05, 4.69) is 62.1 Å². The molecule has 0 saturated carbocycles. The summed E-state index contributed by atoms with van der Waals surface area (Å²) in [5, 5.41) is 0. The van der Waals surface area contributed by atoms with Crippen LogP contribution in [0.1, 0.15) is 36.1 Å². The van der Waals surface area contributed by atoms with Crippen LogP contribution >= 0.6 is 45.2 Å². The standard InChI is InChI=1S/C15H13FI2N2/c1-8-2-5-12-13(8)14(18)20-15(19-12)10-6-9(7-17)3-4-11(10)16/h3-4,6,8H,2,5,7H2,1H3. The Balaban J connectivity index is 2.14. The first-order valence-electron chi connectivity index (χ1n) is 6.51. The Labute approximate surface area is 144 Å². The maximum atomic E-state index is 14.1. The van der Waals surface area contributed by atoms with E-state index in [-0.39, 0.29) is 5.82 Å². The van der Waals surface area contributed by atoms with Crippen molar-refractivity contribution in [1.29, 1.82) is 0 Å². The van der Waals surface area contributed by atoms with Crippen molar-refractivity contribution < 1.29 is 4.39 Å². The highest BCUT2D eigenvalue weighted by atomic mass is 127. The van der Waals surface area contributed by atoms with Crippen molar-refractivity contribution in [2.75, 3.05) is 0 Å². The highest BCUT2D eigenvalue weighted by molar-refractivity contribution is 14.1. The number of aromatic nitrogens is 2. The van der Waals surface area contributed by atoms with Crippen molar-refractivity contribution in [3.05, 3.63) is 44.5 Å². The molecule has 20 heavy (non-hydrogen) atoms. The van der Waals surface area contributed by atoms with Gasteiger partial charge in [0.1, 0.15) is 9.52 Å². The average molecular weight is 494 g/mol. The van der Waals surface area contributed by atoms with Gasteiger partial charge in [0.15, 0.2) is 5.82 Å². The van der Waals surface area contributed by atoms with Crippen molar-refractivity contribution in [3.8, 4) is 11.4 Å². The zero-order chi connectivity index (χ0) is 14.3. The molecule has 1 atom stereocenters. The number of hydrogen-bond acceptors (Lipinski definition) is 2. The van der Waals surface area contributed by atoms with Crippen molar-refractivity contribution in [1.82, 2.24) is 9.97 Å². The van der Waals surface area contributed by atoms with Gasteiger partial charge in [0.2, 0.25) is 0 Å². The summed E-state index contributed by atoms with van der Waals surface area (Å²) in [7, 11) is 0. The highest BCUT2D eigenvalue weighted by Crippen LogP contribution is 2.35. The van der Waals surface area contributed by atoms with Crippen LogP contribution < -0.4 is 0 Å². The van der Waals surface area contributed by atoms with E-state index in [1.807, 2.05) is 12.1 Å². The van der Waals surface area contributed by atoms with Gasteiger partial charge in [-0.2, -0.15) is 0 Å². The van der Waals surface area contributed by atoms with Gasteiger partial charge in [0.05, 0.1) is 5.56 Å². The molecular formula is C15H13FI2N2. The number of hydrogen-bond donors (Lipinski definition) is 0. The van der Waals surface area contributed by atoms with Gasteiger partial charge in [0, 0.05) is 15.7 Å². The van der Waals surface area contributed by atoms with Gasteiger partial charge < -0.3 is 0 Å². The number of rotatable bonds is 2. The van der Waals surface area contributed by atoms with E-state index in [0.717, 1.165) is 32.2 Å². The summed E-state index contributed by atoms with van der Waals surface area (Å²) < 4.78 is 15.9. The van der Waals surface area contributed by atoms with Gasteiger partial charge in [-0.15, -0.1) is 0 Å². The Morgan fingerprint density at radius 3 is 2.90 bits per heavy atom. The highest BCUT2D eigenvalue weighted by Gasteiger charge is 2.25. The second kappa shape index (κ2) is 5.82. The molecule has 104 valence electrons. The van der Waals surface area contributed by atoms with Gasteiger partial charge in [0.25, 0.3) is 0 Å². The molecule has 0 spiro atoms. The molecule has 1 aliphatic rings. The molecule has 5 heteroatoms. The zero-order valence-electron chi connectivity index (χ0n) is 11.0. The van der Waals surface area contributed by atoms with Gasteiger partial charge in [-0.3, -0.25) is 0 Å². The third kappa shape index (κ3) is 2.58. The Morgan fingerprint density at radius 2 is 2.15 bits per heavy atom. The molecular weight excluding hydrogens is 481 g/mol. The summed E-state index contributed by atoms with van der Waals surface area (Å²) in [5.74, 6) is 0.781. The van der Waals surface area contributed by atoms with Crippen molar-refractivity contribution >= 4 is 45.2 Å². The van der Waals surface area contributed by atoms with E-state index in [1.54, 1.807) is 0 Å². The minimum atomic E-state index is -0.250. The SMILES string of the molecule is CC1CCc2nc(-c3cc(CI)ccc3F)nc(I)c21. The minimum absolute atomic E-state index is 0.250. The van der Waals surface area contributed by atoms with Crippen molar-refractivity contribution in [3.63, 3.8) is 0 Å². The first-order chi connectivity index (χ1) is 9.60. The summed E-state index contributed by atoms with van der Waals surface area (Å²) in [6.07, 6.45) is 2.08. The predicted octanol–water partition coefficient (Wildman–Crippen LogP) is 4.87. The fraction of sp³-hybridized carbons (Fsp3) is 0.333. The predicted molar refractivity (Wildman–Crippen MR) is 94.6 cm³/mol. The van der Waals surface area contributed by atoms with Crippen LogP contribution in [-0.2, 0) is 10.8 Å². The number of fused-ring (bicyclic) bond motifs is 1. The third-order valence-corrected chi connectivity index (χ3v) is 5.41. The number of nitrogens with zero attached hydrogens (tertiary/aromatic N) is 2. The Kier molecular flexibility index (Phi) is 4.26. The topological polar surface area (TPSA) is 25.8 Å². The average Bonchev–Trinajstić information content (AvgIpc) is 2.81. The summed E-state index contributed by atoms with van der Waals surface area (Å²) in [6.45, 7) is 2.20. The van der Waals surface area contributed by atoms with E-state index in [9.17, 15) is 4.39 Å². The van der Waals surface area contributed by atoms with Crippen molar-refractivity contribution in [2.24, 2.45) is 0 Å². The Hall–Kier alpha value is -0.310. The molecule has 1 unspecified atom stereocenters. The normalized spacial score (nSPS) is 17.3. The number of alkyl halides is 1.